The quantitative estimate of drug-likeness (QED) is 0.866. The van der Waals surface area contributed by atoms with Crippen molar-refractivity contribution in [3.05, 3.63) is 24.0 Å². The Balaban J connectivity index is 2.72. The molecule has 2 aromatic rings. The summed E-state index contributed by atoms with van der Waals surface area (Å²) < 4.78 is 24.8. The molecule has 1 aromatic heterocycles. The Bertz CT molecular complexity index is 671. The molecule has 0 fully saturated rings. The number of hydrogen-bond donors (Lipinski definition) is 1. The molecule has 17 heavy (non-hydrogen) atoms. The van der Waals surface area contributed by atoms with Gasteiger partial charge in [-0.2, -0.15) is 0 Å². The van der Waals surface area contributed by atoms with Crippen LogP contribution in [0.15, 0.2) is 23.1 Å². The first-order chi connectivity index (χ1) is 7.80. The largest absolute Gasteiger partial charge is 0.330 e. The Kier molecular flexibility index (Phi) is 2.71. The Morgan fingerprint density at radius 2 is 2.06 bits per heavy atom. The summed E-state index contributed by atoms with van der Waals surface area (Å²) in [5.74, 6) is 0.741. The van der Waals surface area contributed by atoms with E-state index < -0.39 is 9.84 Å². The van der Waals surface area contributed by atoms with E-state index in [0.29, 0.717) is 5.52 Å². The third-order valence-electron chi connectivity index (χ3n) is 2.72. The van der Waals surface area contributed by atoms with Crippen LogP contribution in [0.25, 0.3) is 11.0 Å². The van der Waals surface area contributed by atoms with Gasteiger partial charge >= 0.3 is 0 Å². The molecule has 0 radical (unpaired) electrons. The number of fused-ring (bicyclic) bond motifs is 1. The number of nitrogens with two attached hydrogens (primary N) is 1. The van der Waals surface area contributed by atoms with Crippen LogP contribution in [0.4, 0.5) is 0 Å². The molecule has 0 bridgehead atoms. The Hall–Kier alpha value is -1.40. The van der Waals surface area contributed by atoms with Crippen LogP contribution in [0.1, 0.15) is 18.8 Å². The fourth-order valence-corrected chi connectivity index (χ4v) is 2.48. The van der Waals surface area contributed by atoms with Crippen molar-refractivity contribution in [2.45, 2.75) is 17.9 Å². The molecule has 5 nitrogen and oxygen atoms in total. The van der Waals surface area contributed by atoms with E-state index in [4.69, 9.17) is 5.73 Å². The second-order valence-corrected chi connectivity index (χ2v) is 6.26. The molecule has 1 heterocycles. The van der Waals surface area contributed by atoms with E-state index in [1.807, 2.05) is 18.5 Å². The molecular weight excluding hydrogens is 238 g/mol. The molecule has 0 aliphatic carbocycles. The Morgan fingerprint density at radius 1 is 1.41 bits per heavy atom. The number of benzene rings is 1. The fourth-order valence-electron chi connectivity index (χ4n) is 1.84. The van der Waals surface area contributed by atoms with Crippen molar-refractivity contribution in [3.8, 4) is 0 Å². The van der Waals surface area contributed by atoms with Gasteiger partial charge in [0.1, 0.15) is 5.82 Å². The molecule has 0 amide bonds. The predicted octanol–water partition coefficient (Wildman–Crippen LogP) is 0.997. The number of rotatable bonds is 2. The molecule has 1 aromatic carbocycles. The maximum atomic E-state index is 11.4. The van der Waals surface area contributed by atoms with E-state index in [9.17, 15) is 8.42 Å². The molecule has 0 spiro atoms. The third-order valence-corrected chi connectivity index (χ3v) is 3.83. The van der Waals surface area contributed by atoms with Crippen molar-refractivity contribution < 1.29 is 8.42 Å². The van der Waals surface area contributed by atoms with Crippen molar-refractivity contribution >= 4 is 20.9 Å². The van der Waals surface area contributed by atoms with Gasteiger partial charge in [-0.1, -0.05) is 0 Å². The van der Waals surface area contributed by atoms with Gasteiger partial charge in [-0.25, -0.2) is 13.4 Å². The topological polar surface area (TPSA) is 78.0 Å². The average molecular weight is 253 g/mol. The second kappa shape index (κ2) is 3.82. The molecule has 1 unspecified atom stereocenters. The van der Waals surface area contributed by atoms with Crippen molar-refractivity contribution in [3.63, 3.8) is 0 Å². The van der Waals surface area contributed by atoms with Gasteiger partial charge in [0, 0.05) is 13.3 Å². The average Bonchev–Trinajstić information content (AvgIpc) is 2.54. The normalized spacial score (nSPS) is 14.1. The maximum Gasteiger partial charge on any atom is 0.175 e. The van der Waals surface area contributed by atoms with E-state index in [-0.39, 0.29) is 10.9 Å². The van der Waals surface area contributed by atoms with Crippen LogP contribution in [-0.4, -0.2) is 24.2 Å². The van der Waals surface area contributed by atoms with Crippen LogP contribution in [0.2, 0.25) is 0 Å². The molecule has 0 saturated heterocycles. The smallest absolute Gasteiger partial charge is 0.175 e. The minimum absolute atomic E-state index is 0.186. The monoisotopic (exact) mass is 253 g/mol. The molecule has 2 rings (SSSR count). The number of aryl methyl sites for hydroxylation is 1. The molecule has 2 N–H and O–H groups in total. The highest BCUT2D eigenvalue weighted by atomic mass is 32.2. The summed E-state index contributed by atoms with van der Waals surface area (Å²) in [6.07, 6.45) is 1.18. The zero-order valence-corrected chi connectivity index (χ0v) is 10.8. The maximum absolute atomic E-state index is 11.4. The van der Waals surface area contributed by atoms with Gasteiger partial charge in [-0.15, -0.1) is 0 Å². The lowest BCUT2D eigenvalue weighted by Crippen LogP contribution is -2.11. The molecule has 92 valence electrons. The summed E-state index contributed by atoms with van der Waals surface area (Å²) in [5, 5.41) is 0. The van der Waals surface area contributed by atoms with E-state index in [1.54, 1.807) is 18.2 Å². The third kappa shape index (κ3) is 2.05. The number of imidazole rings is 1. The Labute approximate surface area is 100 Å². The lowest BCUT2D eigenvalue weighted by atomic mass is 10.3. The van der Waals surface area contributed by atoms with Gasteiger partial charge in [0.15, 0.2) is 9.84 Å². The Morgan fingerprint density at radius 3 is 2.59 bits per heavy atom. The van der Waals surface area contributed by atoms with Crippen molar-refractivity contribution in [2.75, 3.05) is 6.26 Å². The number of hydrogen-bond acceptors (Lipinski definition) is 4. The van der Waals surface area contributed by atoms with Gasteiger partial charge in [0.2, 0.25) is 0 Å². The summed E-state index contributed by atoms with van der Waals surface area (Å²) >= 11 is 0. The summed E-state index contributed by atoms with van der Waals surface area (Å²) in [5.41, 5.74) is 7.34. The predicted molar refractivity (Wildman–Crippen MR) is 66.4 cm³/mol. The van der Waals surface area contributed by atoms with Crippen LogP contribution in [-0.2, 0) is 16.9 Å². The minimum atomic E-state index is -3.20. The molecule has 1 atom stereocenters. The zero-order chi connectivity index (χ0) is 12.8. The number of nitrogens with zero attached hydrogens (tertiary/aromatic N) is 2. The first-order valence-electron chi connectivity index (χ1n) is 5.22. The van der Waals surface area contributed by atoms with Crippen LogP contribution in [0.3, 0.4) is 0 Å². The standard InChI is InChI=1S/C11H15N3O2S/c1-7(12)11-13-9-6-8(17(3,15)16)4-5-10(9)14(11)2/h4-7H,12H2,1-3H3. The summed E-state index contributed by atoms with van der Waals surface area (Å²) in [7, 11) is -1.33. The summed E-state index contributed by atoms with van der Waals surface area (Å²) in [4.78, 5) is 4.64. The van der Waals surface area contributed by atoms with Gasteiger partial charge in [0.05, 0.1) is 22.0 Å². The van der Waals surface area contributed by atoms with Crippen molar-refractivity contribution in [1.82, 2.24) is 9.55 Å². The highest BCUT2D eigenvalue weighted by Gasteiger charge is 2.14. The van der Waals surface area contributed by atoms with Gasteiger partial charge in [0.25, 0.3) is 0 Å². The van der Waals surface area contributed by atoms with E-state index in [1.165, 1.54) is 6.26 Å². The van der Waals surface area contributed by atoms with E-state index in [0.717, 1.165) is 11.3 Å². The van der Waals surface area contributed by atoms with Gasteiger partial charge < -0.3 is 10.3 Å². The molecule has 0 saturated carbocycles. The fraction of sp³-hybridized carbons (Fsp3) is 0.364. The van der Waals surface area contributed by atoms with E-state index in [2.05, 4.69) is 4.98 Å². The van der Waals surface area contributed by atoms with Gasteiger partial charge in [-0.05, 0) is 25.1 Å². The molecule has 0 aliphatic heterocycles. The van der Waals surface area contributed by atoms with Crippen LogP contribution in [0, 0.1) is 0 Å². The van der Waals surface area contributed by atoms with Crippen molar-refractivity contribution in [2.24, 2.45) is 12.8 Å². The number of aromatic nitrogens is 2. The first kappa shape index (κ1) is 12.1. The van der Waals surface area contributed by atoms with Crippen LogP contribution < -0.4 is 5.73 Å². The van der Waals surface area contributed by atoms with E-state index >= 15 is 0 Å². The first-order valence-corrected chi connectivity index (χ1v) is 7.12. The lowest BCUT2D eigenvalue weighted by Gasteiger charge is -2.04. The van der Waals surface area contributed by atoms with Crippen LogP contribution in [0.5, 0.6) is 0 Å². The SMILES string of the molecule is CC(N)c1nc2cc(S(C)(=O)=O)ccc2n1C. The highest BCUT2D eigenvalue weighted by Crippen LogP contribution is 2.21. The highest BCUT2D eigenvalue weighted by molar-refractivity contribution is 7.90. The summed E-state index contributed by atoms with van der Waals surface area (Å²) in [6.45, 7) is 1.85. The molecular formula is C11H15N3O2S. The summed E-state index contributed by atoms with van der Waals surface area (Å²) in [6, 6.07) is 4.74. The number of sulfone groups is 1. The molecule has 0 aliphatic rings. The minimum Gasteiger partial charge on any atom is -0.330 e. The lowest BCUT2D eigenvalue weighted by molar-refractivity contribution is 0.602. The van der Waals surface area contributed by atoms with Gasteiger partial charge in [-0.3, -0.25) is 0 Å². The second-order valence-electron chi connectivity index (χ2n) is 4.24. The van der Waals surface area contributed by atoms with Crippen molar-refractivity contribution in [1.29, 1.82) is 0 Å². The zero-order valence-electron chi connectivity index (χ0n) is 10.0. The van der Waals surface area contributed by atoms with Crippen LogP contribution >= 0.6 is 0 Å². The molecule has 6 heteroatoms.